The molecule has 2 N–H and O–H groups in total. The van der Waals surface area contributed by atoms with Gasteiger partial charge in [0, 0.05) is 40.4 Å². The van der Waals surface area contributed by atoms with Gasteiger partial charge in [-0.1, -0.05) is 6.07 Å². The first kappa shape index (κ1) is 21.8. The van der Waals surface area contributed by atoms with E-state index in [0.29, 0.717) is 22.9 Å². The van der Waals surface area contributed by atoms with Gasteiger partial charge < -0.3 is 15.2 Å². The zero-order chi connectivity index (χ0) is 23.2. The number of aldehydes is 1. The molecule has 0 aliphatic heterocycles. The van der Waals surface area contributed by atoms with E-state index in [1.807, 2.05) is 35.1 Å². The SMILES string of the molecule is CC(C)(O)c1cc2nn(C3CCC(C=O)CC3)cc2cc1NC(=O)c1cccc(C2CC2)n1. The number of rotatable bonds is 6. The van der Waals surface area contributed by atoms with E-state index < -0.39 is 5.60 Å². The number of aromatic nitrogens is 3. The molecular formula is C26H30N4O3. The summed E-state index contributed by atoms with van der Waals surface area (Å²) < 4.78 is 1.98. The Hall–Kier alpha value is -3.06. The molecule has 0 spiro atoms. The Labute approximate surface area is 193 Å². The minimum atomic E-state index is -1.16. The number of hydrogen-bond acceptors (Lipinski definition) is 5. The standard InChI is InChI=1S/C26H30N4O3/c1-26(2,33)20-13-23-18(14-30(29-23)19-10-6-16(15-31)7-11-19)12-24(20)28-25(32)22-5-3-4-21(27-22)17-8-9-17/h3-5,12-17,19,33H,6-11H2,1-2H3,(H,28,32). The summed E-state index contributed by atoms with van der Waals surface area (Å²) in [6.07, 6.45) is 8.91. The van der Waals surface area contributed by atoms with E-state index in [1.165, 1.54) is 0 Å². The molecule has 0 saturated heterocycles. The number of fused-ring (bicyclic) bond motifs is 1. The Bertz CT molecular complexity index is 1200. The lowest BCUT2D eigenvalue weighted by atomic mass is 9.87. The van der Waals surface area contributed by atoms with Crippen LogP contribution in [0.2, 0.25) is 0 Å². The van der Waals surface area contributed by atoms with Crippen molar-refractivity contribution in [2.45, 2.75) is 69.9 Å². The van der Waals surface area contributed by atoms with Crippen LogP contribution in [0.5, 0.6) is 0 Å². The van der Waals surface area contributed by atoms with E-state index in [0.717, 1.165) is 61.4 Å². The third-order valence-electron chi connectivity index (χ3n) is 6.88. The summed E-state index contributed by atoms with van der Waals surface area (Å²) in [5.41, 5.74) is 2.12. The summed E-state index contributed by atoms with van der Waals surface area (Å²) in [5.74, 6) is 0.331. The lowest BCUT2D eigenvalue weighted by Gasteiger charge is -2.25. The molecule has 2 aliphatic carbocycles. The molecule has 2 fully saturated rings. The van der Waals surface area contributed by atoms with Crippen molar-refractivity contribution in [2.24, 2.45) is 5.92 Å². The highest BCUT2D eigenvalue weighted by atomic mass is 16.3. The highest BCUT2D eigenvalue weighted by molar-refractivity contribution is 6.04. The van der Waals surface area contributed by atoms with Crippen molar-refractivity contribution in [1.82, 2.24) is 14.8 Å². The Morgan fingerprint density at radius 3 is 2.58 bits per heavy atom. The predicted molar refractivity (Wildman–Crippen MR) is 126 cm³/mol. The fourth-order valence-electron chi connectivity index (χ4n) is 4.76. The van der Waals surface area contributed by atoms with Crippen LogP contribution in [0.15, 0.2) is 36.5 Å². The van der Waals surface area contributed by atoms with Crippen molar-refractivity contribution in [2.75, 3.05) is 5.32 Å². The van der Waals surface area contributed by atoms with Gasteiger partial charge in [0.1, 0.15) is 12.0 Å². The second-order valence-corrected chi connectivity index (χ2v) is 10.0. The first-order chi connectivity index (χ1) is 15.8. The van der Waals surface area contributed by atoms with Crippen LogP contribution in [0, 0.1) is 5.92 Å². The van der Waals surface area contributed by atoms with Crippen LogP contribution >= 0.6 is 0 Å². The first-order valence-electron chi connectivity index (χ1n) is 11.8. The lowest BCUT2D eigenvalue weighted by Crippen LogP contribution is -2.21. The second-order valence-electron chi connectivity index (χ2n) is 10.0. The van der Waals surface area contributed by atoms with Crippen LogP contribution in [0.1, 0.15) is 86.1 Å². The molecule has 2 aromatic heterocycles. The smallest absolute Gasteiger partial charge is 0.274 e. The monoisotopic (exact) mass is 446 g/mol. The lowest BCUT2D eigenvalue weighted by molar-refractivity contribution is -0.112. The van der Waals surface area contributed by atoms with Gasteiger partial charge in [0.25, 0.3) is 5.91 Å². The molecule has 1 aromatic carbocycles. The quantitative estimate of drug-likeness (QED) is 0.534. The van der Waals surface area contributed by atoms with Crippen LogP contribution in [-0.4, -0.2) is 32.1 Å². The summed E-state index contributed by atoms with van der Waals surface area (Å²) in [6.45, 7) is 3.40. The zero-order valence-corrected chi connectivity index (χ0v) is 19.1. The third kappa shape index (κ3) is 4.55. The first-order valence-corrected chi connectivity index (χ1v) is 11.8. The maximum atomic E-state index is 13.0. The maximum Gasteiger partial charge on any atom is 0.274 e. The number of carbonyl (C=O) groups excluding carboxylic acids is 2. The number of aliphatic hydroxyl groups is 1. The third-order valence-corrected chi connectivity index (χ3v) is 6.88. The van der Waals surface area contributed by atoms with Crippen LogP contribution in [-0.2, 0) is 10.4 Å². The molecule has 7 nitrogen and oxygen atoms in total. The van der Waals surface area contributed by atoms with E-state index in [1.54, 1.807) is 19.9 Å². The number of nitrogens with one attached hydrogen (secondary N) is 1. The number of nitrogens with zero attached hydrogens (tertiary/aromatic N) is 3. The van der Waals surface area contributed by atoms with Crippen molar-refractivity contribution in [1.29, 1.82) is 0 Å². The molecule has 0 atom stereocenters. The average Bonchev–Trinajstić information content (AvgIpc) is 3.57. The van der Waals surface area contributed by atoms with E-state index in [-0.39, 0.29) is 17.9 Å². The topological polar surface area (TPSA) is 97.1 Å². The molecule has 0 unspecified atom stereocenters. The number of pyridine rings is 1. The van der Waals surface area contributed by atoms with Crippen molar-refractivity contribution >= 4 is 28.8 Å². The van der Waals surface area contributed by atoms with Gasteiger partial charge >= 0.3 is 0 Å². The minimum absolute atomic E-state index is 0.155. The van der Waals surface area contributed by atoms with Crippen LogP contribution in [0.25, 0.3) is 10.9 Å². The second kappa shape index (κ2) is 8.37. The molecule has 2 heterocycles. The minimum Gasteiger partial charge on any atom is -0.386 e. The van der Waals surface area contributed by atoms with Gasteiger partial charge in [0.15, 0.2) is 0 Å². The Morgan fingerprint density at radius 1 is 1.15 bits per heavy atom. The number of benzene rings is 1. The highest BCUT2D eigenvalue weighted by Gasteiger charge is 2.27. The Kier molecular flexibility index (Phi) is 5.52. The van der Waals surface area contributed by atoms with E-state index in [4.69, 9.17) is 5.10 Å². The summed E-state index contributed by atoms with van der Waals surface area (Å²) in [5, 5.41) is 19.5. The summed E-state index contributed by atoms with van der Waals surface area (Å²) in [4.78, 5) is 28.7. The molecule has 5 rings (SSSR count). The van der Waals surface area contributed by atoms with E-state index in [2.05, 4.69) is 10.3 Å². The average molecular weight is 447 g/mol. The normalized spacial score (nSPS) is 21.2. The Morgan fingerprint density at radius 2 is 1.91 bits per heavy atom. The van der Waals surface area contributed by atoms with E-state index >= 15 is 0 Å². The fourth-order valence-corrected chi connectivity index (χ4v) is 4.76. The summed E-state index contributed by atoms with van der Waals surface area (Å²) in [7, 11) is 0. The highest BCUT2D eigenvalue weighted by Crippen LogP contribution is 2.39. The molecule has 2 aliphatic rings. The molecule has 2 saturated carbocycles. The molecule has 7 heteroatoms. The van der Waals surface area contributed by atoms with Crippen molar-refractivity contribution in [3.05, 3.63) is 53.5 Å². The van der Waals surface area contributed by atoms with Crippen molar-refractivity contribution in [3.8, 4) is 0 Å². The maximum absolute atomic E-state index is 13.0. The van der Waals surface area contributed by atoms with Gasteiger partial charge in [0.05, 0.1) is 17.2 Å². The number of carbonyl (C=O) groups is 2. The molecule has 172 valence electrons. The van der Waals surface area contributed by atoms with Gasteiger partial charge in [0.2, 0.25) is 0 Å². The number of anilines is 1. The van der Waals surface area contributed by atoms with Crippen LogP contribution in [0.3, 0.4) is 0 Å². The van der Waals surface area contributed by atoms with Gasteiger partial charge in [-0.15, -0.1) is 0 Å². The molecule has 3 aromatic rings. The molecule has 33 heavy (non-hydrogen) atoms. The van der Waals surface area contributed by atoms with Gasteiger partial charge in [-0.3, -0.25) is 9.48 Å². The molecule has 0 radical (unpaired) electrons. The molecule has 0 bridgehead atoms. The fraction of sp³-hybridized carbons (Fsp3) is 0.462. The number of amides is 1. The summed E-state index contributed by atoms with van der Waals surface area (Å²) in [6, 6.07) is 9.56. The summed E-state index contributed by atoms with van der Waals surface area (Å²) >= 11 is 0. The van der Waals surface area contributed by atoms with Gasteiger partial charge in [-0.05, 0) is 76.6 Å². The van der Waals surface area contributed by atoms with Crippen LogP contribution < -0.4 is 5.32 Å². The van der Waals surface area contributed by atoms with Gasteiger partial charge in [-0.25, -0.2) is 4.98 Å². The van der Waals surface area contributed by atoms with Gasteiger partial charge in [-0.2, -0.15) is 5.10 Å². The largest absolute Gasteiger partial charge is 0.386 e. The predicted octanol–water partition coefficient (Wildman–Crippen LogP) is 4.72. The van der Waals surface area contributed by atoms with Crippen LogP contribution in [0.4, 0.5) is 5.69 Å². The zero-order valence-electron chi connectivity index (χ0n) is 19.1. The number of hydrogen-bond donors (Lipinski definition) is 2. The molecular weight excluding hydrogens is 416 g/mol. The van der Waals surface area contributed by atoms with Crippen molar-refractivity contribution in [3.63, 3.8) is 0 Å². The molecule has 1 amide bonds. The van der Waals surface area contributed by atoms with E-state index in [9.17, 15) is 14.7 Å². The Balaban J connectivity index is 1.45. The van der Waals surface area contributed by atoms with Crippen molar-refractivity contribution < 1.29 is 14.7 Å².